The number of carbonyl (C=O) groups is 2. The van der Waals surface area contributed by atoms with Crippen LogP contribution in [-0.2, 0) is 14.3 Å². The fourth-order valence-corrected chi connectivity index (χ4v) is 2.60. The first kappa shape index (κ1) is 19.1. The number of rotatable bonds is 6. The van der Waals surface area contributed by atoms with Crippen LogP contribution in [0.3, 0.4) is 0 Å². The molecule has 0 radical (unpaired) electrons. The van der Waals surface area contributed by atoms with E-state index in [-0.39, 0.29) is 6.61 Å². The lowest BCUT2D eigenvalue weighted by atomic mass is 10.1. The molecule has 0 unspecified atom stereocenters. The van der Waals surface area contributed by atoms with Crippen molar-refractivity contribution in [3.63, 3.8) is 0 Å². The first-order valence-corrected chi connectivity index (χ1v) is 8.88. The Morgan fingerprint density at radius 3 is 2.50 bits per heavy atom. The van der Waals surface area contributed by atoms with Gasteiger partial charge in [0.25, 0.3) is 5.91 Å². The zero-order valence-corrected chi connectivity index (χ0v) is 15.8. The molecule has 1 heterocycles. The molecule has 0 aliphatic carbocycles. The van der Waals surface area contributed by atoms with Crippen LogP contribution in [0, 0.1) is 6.92 Å². The van der Waals surface area contributed by atoms with Crippen molar-refractivity contribution in [2.24, 2.45) is 0 Å². The summed E-state index contributed by atoms with van der Waals surface area (Å²) in [6, 6.07) is 19.3. The number of esters is 1. The largest absolute Gasteiger partial charge is 0.452 e. The maximum Gasteiger partial charge on any atom is 0.330 e. The van der Waals surface area contributed by atoms with Crippen LogP contribution < -0.4 is 5.32 Å². The maximum atomic E-state index is 12.2. The molecular formula is C22H21N3O3. The molecule has 0 aliphatic rings. The normalized spacial score (nSPS) is 10.8. The Morgan fingerprint density at radius 1 is 1.11 bits per heavy atom. The summed E-state index contributed by atoms with van der Waals surface area (Å²) >= 11 is 0. The van der Waals surface area contributed by atoms with Crippen molar-refractivity contribution >= 4 is 17.7 Å². The first-order chi connectivity index (χ1) is 13.6. The zero-order valence-electron chi connectivity index (χ0n) is 15.8. The highest BCUT2D eigenvalue weighted by Gasteiger charge is 2.14. The summed E-state index contributed by atoms with van der Waals surface area (Å²) in [6.45, 7) is 3.35. The van der Waals surface area contributed by atoms with E-state index in [0.29, 0.717) is 5.82 Å². The van der Waals surface area contributed by atoms with Crippen LogP contribution in [0.1, 0.15) is 12.5 Å². The Bertz CT molecular complexity index is 990. The second-order valence-corrected chi connectivity index (χ2v) is 6.18. The Hall–Kier alpha value is -3.67. The molecule has 6 heteroatoms. The summed E-state index contributed by atoms with van der Waals surface area (Å²) < 4.78 is 6.55. The molecule has 0 saturated heterocycles. The van der Waals surface area contributed by atoms with Crippen molar-refractivity contribution in [2.45, 2.75) is 13.8 Å². The van der Waals surface area contributed by atoms with Gasteiger partial charge < -0.3 is 10.1 Å². The number of anilines is 1. The van der Waals surface area contributed by atoms with Crippen LogP contribution in [0.25, 0.3) is 16.9 Å². The van der Waals surface area contributed by atoms with Crippen molar-refractivity contribution in [3.8, 4) is 16.9 Å². The lowest BCUT2D eigenvalue weighted by molar-refractivity contribution is -0.142. The summed E-state index contributed by atoms with van der Waals surface area (Å²) in [6.07, 6.45) is 2.82. The number of nitrogens with one attached hydrogen (secondary N) is 1. The van der Waals surface area contributed by atoms with Crippen LogP contribution in [0.5, 0.6) is 0 Å². The summed E-state index contributed by atoms with van der Waals surface area (Å²) in [4.78, 5) is 23.6. The second kappa shape index (κ2) is 8.81. The average Bonchev–Trinajstić information content (AvgIpc) is 3.11. The molecule has 28 heavy (non-hydrogen) atoms. The fraction of sp³-hybridized carbons (Fsp3) is 0.136. The van der Waals surface area contributed by atoms with Crippen LogP contribution in [0.2, 0.25) is 0 Å². The number of allylic oxidation sites excluding steroid dienone is 1. The molecule has 0 fully saturated rings. The number of amides is 1. The van der Waals surface area contributed by atoms with E-state index in [4.69, 9.17) is 4.74 Å². The van der Waals surface area contributed by atoms with Gasteiger partial charge >= 0.3 is 5.97 Å². The number of nitrogens with zero attached hydrogens (tertiary/aromatic N) is 2. The van der Waals surface area contributed by atoms with Crippen molar-refractivity contribution in [1.82, 2.24) is 9.78 Å². The molecule has 3 aromatic rings. The molecule has 1 aromatic heterocycles. The van der Waals surface area contributed by atoms with Gasteiger partial charge in [-0.3, -0.25) is 4.79 Å². The minimum atomic E-state index is -0.561. The van der Waals surface area contributed by atoms with E-state index in [2.05, 4.69) is 10.4 Å². The van der Waals surface area contributed by atoms with Gasteiger partial charge in [-0.25, -0.2) is 9.48 Å². The highest BCUT2D eigenvalue weighted by molar-refractivity contribution is 5.93. The third-order valence-electron chi connectivity index (χ3n) is 3.97. The molecule has 3 rings (SSSR count). The summed E-state index contributed by atoms with van der Waals surface area (Å²) in [7, 11) is 0. The van der Waals surface area contributed by atoms with Gasteiger partial charge in [0.1, 0.15) is 5.82 Å². The van der Waals surface area contributed by atoms with E-state index in [9.17, 15) is 9.59 Å². The monoisotopic (exact) mass is 375 g/mol. The van der Waals surface area contributed by atoms with Gasteiger partial charge in [0, 0.05) is 17.7 Å². The van der Waals surface area contributed by atoms with Gasteiger partial charge in [-0.15, -0.1) is 0 Å². The van der Waals surface area contributed by atoms with Gasteiger partial charge in [-0.1, -0.05) is 54.1 Å². The van der Waals surface area contributed by atoms with Crippen LogP contribution in [0.4, 0.5) is 5.82 Å². The van der Waals surface area contributed by atoms with Crippen LogP contribution in [-0.4, -0.2) is 28.3 Å². The Morgan fingerprint density at radius 2 is 1.82 bits per heavy atom. The van der Waals surface area contributed by atoms with Crippen LogP contribution >= 0.6 is 0 Å². The van der Waals surface area contributed by atoms with E-state index >= 15 is 0 Å². The van der Waals surface area contributed by atoms with Gasteiger partial charge in [0.15, 0.2) is 6.61 Å². The molecule has 0 spiro atoms. The number of carbonyl (C=O) groups excluding carboxylic acids is 2. The number of benzene rings is 2. The Balaban J connectivity index is 1.87. The number of ether oxygens (including phenoxy) is 1. The standard InChI is InChI=1S/C22H21N3O3/c1-3-7-22(27)28-15-21(26)23-20-14-19(17-12-10-16(2)11-13-17)24-25(20)18-8-5-4-6-9-18/h3-14H,15H2,1-2H3,(H,23,26). The van der Waals surface area contributed by atoms with E-state index < -0.39 is 11.9 Å². The van der Waals surface area contributed by atoms with Crippen molar-refractivity contribution in [2.75, 3.05) is 11.9 Å². The predicted octanol–water partition coefficient (Wildman–Crippen LogP) is 3.91. The number of aryl methyl sites for hydroxylation is 1. The SMILES string of the molecule is CC=CC(=O)OCC(=O)Nc1cc(-c2ccc(C)cc2)nn1-c1ccccc1. The van der Waals surface area contributed by atoms with E-state index in [1.807, 2.05) is 61.5 Å². The average molecular weight is 375 g/mol. The van der Waals surface area contributed by atoms with E-state index in [1.54, 1.807) is 23.7 Å². The number of para-hydroxylation sites is 1. The number of aromatic nitrogens is 2. The third kappa shape index (κ3) is 4.73. The van der Waals surface area contributed by atoms with Gasteiger partial charge in [-0.05, 0) is 26.0 Å². The second-order valence-electron chi connectivity index (χ2n) is 6.18. The van der Waals surface area contributed by atoms with Crippen molar-refractivity contribution < 1.29 is 14.3 Å². The molecular weight excluding hydrogens is 354 g/mol. The Kier molecular flexibility index (Phi) is 6.01. The highest BCUT2D eigenvalue weighted by Crippen LogP contribution is 2.25. The smallest absolute Gasteiger partial charge is 0.330 e. The quantitative estimate of drug-likeness (QED) is 0.524. The molecule has 0 saturated carbocycles. The summed E-state index contributed by atoms with van der Waals surface area (Å²) in [5.74, 6) is -0.506. The predicted molar refractivity (Wildman–Crippen MR) is 108 cm³/mol. The van der Waals surface area contributed by atoms with Crippen LogP contribution in [0.15, 0.2) is 72.8 Å². The topological polar surface area (TPSA) is 73.2 Å². The van der Waals surface area contributed by atoms with Crippen molar-refractivity contribution in [3.05, 3.63) is 78.4 Å². The molecule has 142 valence electrons. The van der Waals surface area contributed by atoms with Crippen molar-refractivity contribution in [1.29, 1.82) is 0 Å². The molecule has 1 amide bonds. The fourth-order valence-electron chi connectivity index (χ4n) is 2.60. The van der Waals surface area contributed by atoms with Gasteiger partial charge in [0.2, 0.25) is 0 Å². The lowest BCUT2D eigenvalue weighted by Crippen LogP contribution is -2.21. The molecule has 0 atom stereocenters. The molecule has 6 nitrogen and oxygen atoms in total. The van der Waals surface area contributed by atoms with Gasteiger partial charge in [-0.2, -0.15) is 5.10 Å². The Labute approximate surface area is 163 Å². The first-order valence-electron chi connectivity index (χ1n) is 8.88. The summed E-state index contributed by atoms with van der Waals surface area (Å²) in [5.41, 5.74) is 3.63. The maximum absolute atomic E-state index is 12.2. The van der Waals surface area contributed by atoms with Gasteiger partial charge in [0.05, 0.1) is 11.4 Å². The number of hydrogen-bond acceptors (Lipinski definition) is 4. The number of hydrogen-bond donors (Lipinski definition) is 1. The lowest BCUT2D eigenvalue weighted by Gasteiger charge is -2.08. The molecule has 1 N–H and O–H groups in total. The molecule has 0 aliphatic heterocycles. The van der Waals surface area contributed by atoms with E-state index in [1.165, 1.54) is 6.08 Å². The third-order valence-corrected chi connectivity index (χ3v) is 3.97. The summed E-state index contributed by atoms with van der Waals surface area (Å²) in [5, 5.41) is 7.41. The highest BCUT2D eigenvalue weighted by atomic mass is 16.5. The zero-order chi connectivity index (χ0) is 19.9. The minimum absolute atomic E-state index is 0.372. The minimum Gasteiger partial charge on any atom is -0.452 e. The molecule has 0 bridgehead atoms. The van der Waals surface area contributed by atoms with E-state index in [0.717, 1.165) is 22.5 Å². The molecule has 2 aromatic carbocycles.